The second-order valence-corrected chi connectivity index (χ2v) is 11.3. The third-order valence-corrected chi connectivity index (χ3v) is 6.66. The molecule has 9 heteroatoms. The summed E-state index contributed by atoms with van der Waals surface area (Å²) in [5.74, 6) is 0.601. The highest BCUT2D eigenvalue weighted by molar-refractivity contribution is 7.98. The molecule has 0 aliphatic heterocycles. The third-order valence-electron chi connectivity index (χ3n) is 6.02. The summed E-state index contributed by atoms with van der Waals surface area (Å²) in [5, 5.41) is 5.73. The first-order chi connectivity index (χ1) is 19.0. The molecule has 0 spiro atoms. The highest BCUT2D eigenvalue weighted by atomic mass is 32.2. The minimum absolute atomic E-state index is 0.333. The lowest BCUT2D eigenvalue weighted by Crippen LogP contribution is -2.52. The number of amides is 3. The number of rotatable bonds is 14. The van der Waals surface area contributed by atoms with Crippen LogP contribution in [0.5, 0.6) is 5.75 Å². The number of unbranched alkanes of at least 4 members (excludes halogenated alkanes) is 1. The summed E-state index contributed by atoms with van der Waals surface area (Å²) in [6, 6.07) is 12.6. The molecule has 3 amide bonds. The number of carbonyl (C=O) groups is 3. The van der Waals surface area contributed by atoms with Crippen LogP contribution in [-0.4, -0.2) is 60.1 Å². The number of benzene rings is 2. The van der Waals surface area contributed by atoms with Crippen LogP contribution in [0.4, 0.5) is 10.5 Å². The third kappa shape index (κ3) is 10.3. The van der Waals surface area contributed by atoms with Crippen molar-refractivity contribution >= 4 is 41.4 Å². The van der Waals surface area contributed by atoms with Crippen LogP contribution in [0, 0.1) is 0 Å². The molecule has 0 aliphatic carbocycles. The van der Waals surface area contributed by atoms with Crippen molar-refractivity contribution in [1.82, 2.24) is 10.2 Å². The van der Waals surface area contributed by atoms with E-state index in [9.17, 15) is 14.4 Å². The van der Waals surface area contributed by atoms with Crippen molar-refractivity contribution in [2.24, 2.45) is 0 Å². The average molecular weight is 570 g/mol. The lowest BCUT2D eigenvalue weighted by atomic mass is 9.99. The van der Waals surface area contributed by atoms with E-state index in [1.54, 1.807) is 74.9 Å². The molecule has 8 nitrogen and oxygen atoms in total. The van der Waals surface area contributed by atoms with Crippen LogP contribution in [0.2, 0.25) is 0 Å². The van der Waals surface area contributed by atoms with Crippen molar-refractivity contribution in [1.29, 1.82) is 0 Å². The molecule has 2 rings (SSSR count). The minimum atomic E-state index is -0.946. The molecule has 2 N–H and O–H groups in total. The molecule has 2 aromatic rings. The Morgan fingerprint density at radius 3 is 2.40 bits per heavy atom. The fraction of sp³-hybridized carbons (Fsp3) is 0.452. The summed E-state index contributed by atoms with van der Waals surface area (Å²) in [6.45, 7) is 11.5. The Bertz CT molecular complexity index is 1130. The highest BCUT2D eigenvalue weighted by Gasteiger charge is 2.36. The Kier molecular flexibility index (Phi) is 13.1. The lowest BCUT2D eigenvalue weighted by Gasteiger charge is -2.34. The zero-order valence-corrected chi connectivity index (χ0v) is 25.3. The quantitative estimate of drug-likeness (QED) is 0.277. The number of methoxy groups -OCH3 is 1. The number of nitrogens with zero attached hydrogens (tertiary/aromatic N) is 1. The van der Waals surface area contributed by atoms with E-state index >= 15 is 0 Å². The fourth-order valence-electron chi connectivity index (χ4n) is 4.05. The molecule has 0 aromatic heterocycles. The number of alkyl carbamates (subject to hydrolysis) is 1. The van der Waals surface area contributed by atoms with Crippen LogP contribution in [0.15, 0.2) is 55.1 Å². The van der Waals surface area contributed by atoms with Crippen molar-refractivity contribution in [3.05, 3.63) is 66.2 Å². The van der Waals surface area contributed by atoms with Gasteiger partial charge in [0, 0.05) is 12.2 Å². The van der Waals surface area contributed by atoms with E-state index in [1.807, 2.05) is 37.4 Å². The number of nitrogens with one attached hydrogen (secondary N) is 2. The van der Waals surface area contributed by atoms with Gasteiger partial charge in [0.15, 0.2) is 0 Å². The van der Waals surface area contributed by atoms with E-state index in [2.05, 4.69) is 17.2 Å². The maximum absolute atomic E-state index is 14.2. The predicted octanol–water partition coefficient (Wildman–Crippen LogP) is 6.29. The van der Waals surface area contributed by atoms with Crippen molar-refractivity contribution in [3.63, 3.8) is 0 Å². The molecule has 0 fully saturated rings. The molecular formula is C31H43N3O5S. The van der Waals surface area contributed by atoms with Gasteiger partial charge in [-0.05, 0) is 87.1 Å². The van der Waals surface area contributed by atoms with Gasteiger partial charge in [0.2, 0.25) is 5.91 Å². The molecule has 0 saturated carbocycles. The maximum Gasteiger partial charge on any atom is 0.408 e. The summed E-state index contributed by atoms with van der Waals surface area (Å²) in [6.07, 6.45) is 4.86. The fourth-order valence-corrected chi connectivity index (χ4v) is 4.52. The van der Waals surface area contributed by atoms with E-state index < -0.39 is 23.8 Å². The average Bonchev–Trinajstić information content (AvgIpc) is 2.92. The first-order valence-corrected chi connectivity index (χ1v) is 14.9. The van der Waals surface area contributed by atoms with Crippen LogP contribution in [0.25, 0.3) is 6.08 Å². The molecule has 40 heavy (non-hydrogen) atoms. The van der Waals surface area contributed by atoms with Gasteiger partial charge >= 0.3 is 6.09 Å². The zero-order chi connectivity index (χ0) is 29.7. The SMILES string of the molecule is C=Cc1cccc(C(C(=O)Nc2ccc(OC)cc2)N(CCCC)C(=O)C(CCSC)NC(=O)OC(C)(C)C)c1. The van der Waals surface area contributed by atoms with Crippen molar-refractivity contribution in [2.45, 2.75) is 64.6 Å². The summed E-state index contributed by atoms with van der Waals surface area (Å²) >= 11 is 1.57. The van der Waals surface area contributed by atoms with Crippen LogP contribution < -0.4 is 15.4 Å². The largest absolute Gasteiger partial charge is 0.497 e. The number of hydrogen-bond donors (Lipinski definition) is 2. The van der Waals surface area contributed by atoms with Crippen molar-refractivity contribution in [2.75, 3.05) is 31.0 Å². The van der Waals surface area contributed by atoms with Gasteiger partial charge < -0.3 is 25.0 Å². The summed E-state index contributed by atoms with van der Waals surface area (Å²) < 4.78 is 10.7. The Labute approximate surface area is 242 Å². The summed E-state index contributed by atoms with van der Waals surface area (Å²) in [7, 11) is 1.58. The molecule has 2 atom stereocenters. The second-order valence-electron chi connectivity index (χ2n) is 10.4. The number of anilines is 1. The monoisotopic (exact) mass is 569 g/mol. The van der Waals surface area contributed by atoms with Gasteiger partial charge in [0.1, 0.15) is 23.4 Å². The van der Waals surface area contributed by atoms with Crippen LogP contribution in [0.1, 0.15) is 64.1 Å². The van der Waals surface area contributed by atoms with Gasteiger partial charge in [-0.25, -0.2) is 4.79 Å². The number of carbonyl (C=O) groups excluding carboxylic acids is 3. The molecule has 218 valence electrons. The molecule has 0 bridgehead atoms. The zero-order valence-electron chi connectivity index (χ0n) is 24.5. The van der Waals surface area contributed by atoms with Crippen LogP contribution in [0.3, 0.4) is 0 Å². The highest BCUT2D eigenvalue weighted by Crippen LogP contribution is 2.27. The Hall–Kier alpha value is -3.46. The predicted molar refractivity (Wildman–Crippen MR) is 164 cm³/mol. The first-order valence-electron chi connectivity index (χ1n) is 13.5. The summed E-state index contributed by atoms with van der Waals surface area (Å²) in [5.41, 5.74) is 1.33. The molecular weight excluding hydrogens is 526 g/mol. The Morgan fingerprint density at radius 2 is 1.82 bits per heavy atom. The van der Waals surface area contributed by atoms with Gasteiger partial charge in [0.25, 0.3) is 5.91 Å². The van der Waals surface area contributed by atoms with Crippen LogP contribution >= 0.6 is 11.8 Å². The van der Waals surface area contributed by atoms with Crippen molar-refractivity contribution < 1.29 is 23.9 Å². The van der Waals surface area contributed by atoms with E-state index in [-0.39, 0.29) is 11.8 Å². The topological polar surface area (TPSA) is 97.0 Å². The van der Waals surface area contributed by atoms with Crippen LogP contribution in [-0.2, 0) is 14.3 Å². The molecule has 0 saturated heterocycles. The summed E-state index contributed by atoms with van der Waals surface area (Å²) in [4.78, 5) is 42.4. The molecule has 0 radical (unpaired) electrons. The van der Waals surface area contributed by atoms with E-state index in [0.717, 1.165) is 12.0 Å². The first kappa shape index (κ1) is 32.8. The molecule has 2 aromatic carbocycles. The van der Waals surface area contributed by atoms with Gasteiger partial charge in [-0.2, -0.15) is 11.8 Å². The standard InChI is InChI=1S/C31H43N3O5S/c1-8-10-19-34(29(36)26(18-20-40-7)33-30(37)39-31(3,4)5)27(23-13-11-12-22(9-2)21-23)28(35)32-24-14-16-25(38-6)17-15-24/h9,11-17,21,26-27H,2,8,10,18-20H2,1,3-7H3,(H,32,35)(H,33,37). The minimum Gasteiger partial charge on any atom is -0.497 e. The number of thioether (sulfide) groups is 1. The molecule has 2 unspecified atom stereocenters. The van der Waals surface area contributed by atoms with Gasteiger partial charge in [0.05, 0.1) is 7.11 Å². The maximum atomic E-state index is 14.2. The van der Waals surface area contributed by atoms with E-state index in [0.29, 0.717) is 42.1 Å². The van der Waals surface area contributed by atoms with Gasteiger partial charge in [-0.3, -0.25) is 9.59 Å². The lowest BCUT2D eigenvalue weighted by molar-refractivity contribution is -0.141. The van der Waals surface area contributed by atoms with Gasteiger partial charge in [-0.1, -0.05) is 44.2 Å². The van der Waals surface area contributed by atoms with Crippen molar-refractivity contribution in [3.8, 4) is 5.75 Å². The Balaban J connectivity index is 2.53. The second kappa shape index (κ2) is 16.0. The molecule has 0 heterocycles. The number of ether oxygens (including phenoxy) is 2. The van der Waals surface area contributed by atoms with E-state index in [1.165, 1.54) is 0 Å². The normalized spacial score (nSPS) is 12.6. The number of hydrogen-bond acceptors (Lipinski definition) is 6. The molecule has 0 aliphatic rings. The Morgan fingerprint density at radius 1 is 1.12 bits per heavy atom. The van der Waals surface area contributed by atoms with Gasteiger partial charge in [-0.15, -0.1) is 0 Å². The van der Waals surface area contributed by atoms with E-state index in [4.69, 9.17) is 9.47 Å². The smallest absolute Gasteiger partial charge is 0.408 e.